The third-order valence-electron chi connectivity index (χ3n) is 1.96. The van der Waals surface area contributed by atoms with E-state index in [1.54, 1.807) is 23.1 Å². The van der Waals surface area contributed by atoms with Crippen molar-refractivity contribution in [3.05, 3.63) is 52.3 Å². The van der Waals surface area contributed by atoms with Gasteiger partial charge in [-0.15, -0.1) is 0 Å². The average molecular weight is 263 g/mol. The molecule has 2 rings (SSSR count). The van der Waals surface area contributed by atoms with Gasteiger partial charge in [-0.2, -0.15) is 5.10 Å². The summed E-state index contributed by atoms with van der Waals surface area (Å²) in [7, 11) is 0. The molecule has 0 aliphatic carbocycles. The number of aromatic nitrogens is 3. The van der Waals surface area contributed by atoms with Crippen LogP contribution in [0, 0.1) is 6.57 Å². The SMILES string of the molecule is [C-]#[N+]c1ccc(Cn2cncn2)c(Br)c1. The van der Waals surface area contributed by atoms with Gasteiger partial charge in [0.1, 0.15) is 12.7 Å². The van der Waals surface area contributed by atoms with E-state index in [4.69, 9.17) is 6.57 Å². The monoisotopic (exact) mass is 262 g/mol. The minimum absolute atomic E-state index is 0.629. The molecule has 0 aliphatic heterocycles. The summed E-state index contributed by atoms with van der Waals surface area (Å²) < 4.78 is 2.66. The predicted molar refractivity (Wildman–Crippen MR) is 59.5 cm³/mol. The van der Waals surface area contributed by atoms with E-state index in [1.807, 2.05) is 6.07 Å². The van der Waals surface area contributed by atoms with E-state index in [2.05, 4.69) is 30.9 Å². The van der Waals surface area contributed by atoms with Crippen LogP contribution in [0.5, 0.6) is 0 Å². The zero-order chi connectivity index (χ0) is 10.7. The minimum Gasteiger partial charge on any atom is -0.249 e. The van der Waals surface area contributed by atoms with Gasteiger partial charge < -0.3 is 0 Å². The number of nitrogens with zero attached hydrogens (tertiary/aromatic N) is 4. The molecular formula is C10H7BrN4. The Morgan fingerprint density at radius 3 is 2.93 bits per heavy atom. The van der Waals surface area contributed by atoms with E-state index in [1.165, 1.54) is 6.33 Å². The second-order valence-electron chi connectivity index (χ2n) is 2.98. The lowest BCUT2D eigenvalue weighted by Gasteiger charge is -2.04. The fraction of sp³-hybridized carbons (Fsp3) is 0.100. The highest BCUT2D eigenvalue weighted by Gasteiger charge is 2.02. The number of hydrogen-bond acceptors (Lipinski definition) is 2. The fourth-order valence-corrected chi connectivity index (χ4v) is 1.71. The van der Waals surface area contributed by atoms with Crippen LogP contribution >= 0.6 is 15.9 Å². The van der Waals surface area contributed by atoms with Crippen LogP contribution in [0.2, 0.25) is 0 Å². The molecule has 4 nitrogen and oxygen atoms in total. The third-order valence-corrected chi connectivity index (χ3v) is 2.70. The smallest absolute Gasteiger partial charge is 0.188 e. The highest BCUT2D eigenvalue weighted by atomic mass is 79.9. The number of halogens is 1. The molecule has 0 fully saturated rings. The molecule has 0 saturated carbocycles. The molecule has 1 aromatic carbocycles. The van der Waals surface area contributed by atoms with Crippen molar-refractivity contribution < 1.29 is 0 Å². The second kappa shape index (κ2) is 4.24. The molecule has 0 radical (unpaired) electrons. The molecule has 15 heavy (non-hydrogen) atoms. The van der Waals surface area contributed by atoms with E-state index in [0.29, 0.717) is 12.2 Å². The van der Waals surface area contributed by atoms with Crippen molar-refractivity contribution >= 4 is 21.6 Å². The lowest BCUT2D eigenvalue weighted by Crippen LogP contribution is -2.00. The van der Waals surface area contributed by atoms with E-state index in [-0.39, 0.29) is 0 Å². The molecule has 1 heterocycles. The third kappa shape index (κ3) is 2.22. The molecule has 0 aliphatic rings. The fourth-order valence-electron chi connectivity index (χ4n) is 1.22. The van der Waals surface area contributed by atoms with Crippen LogP contribution in [0.4, 0.5) is 5.69 Å². The molecule has 2 aromatic rings. The Hall–Kier alpha value is -1.67. The first-order valence-electron chi connectivity index (χ1n) is 4.28. The van der Waals surface area contributed by atoms with Gasteiger partial charge in [0.05, 0.1) is 13.1 Å². The first-order valence-corrected chi connectivity index (χ1v) is 5.07. The molecule has 0 unspecified atom stereocenters. The van der Waals surface area contributed by atoms with Gasteiger partial charge in [-0.1, -0.05) is 28.1 Å². The summed E-state index contributed by atoms with van der Waals surface area (Å²) in [5.74, 6) is 0. The molecule has 0 saturated heterocycles. The molecule has 1 aromatic heterocycles. The Morgan fingerprint density at radius 1 is 1.47 bits per heavy atom. The van der Waals surface area contributed by atoms with Gasteiger partial charge in [-0.3, -0.25) is 0 Å². The average Bonchev–Trinajstić information content (AvgIpc) is 2.74. The van der Waals surface area contributed by atoms with E-state index < -0.39 is 0 Å². The molecule has 0 amide bonds. The summed E-state index contributed by atoms with van der Waals surface area (Å²) in [5.41, 5.74) is 1.71. The molecular weight excluding hydrogens is 256 g/mol. The quantitative estimate of drug-likeness (QED) is 0.781. The molecule has 0 spiro atoms. The van der Waals surface area contributed by atoms with Crippen molar-refractivity contribution in [3.8, 4) is 0 Å². The summed E-state index contributed by atoms with van der Waals surface area (Å²) >= 11 is 3.43. The number of hydrogen-bond donors (Lipinski definition) is 0. The zero-order valence-electron chi connectivity index (χ0n) is 7.76. The maximum absolute atomic E-state index is 6.88. The van der Waals surface area contributed by atoms with Crippen molar-refractivity contribution in [1.82, 2.24) is 14.8 Å². The van der Waals surface area contributed by atoms with Crippen LogP contribution in [0.3, 0.4) is 0 Å². The van der Waals surface area contributed by atoms with Crippen molar-refractivity contribution in [2.45, 2.75) is 6.54 Å². The van der Waals surface area contributed by atoms with Crippen LogP contribution in [0.25, 0.3) is 4.85 Å². The van der Waals surface area contributed by atoms with Crippen LogP contribution in [-0.4, -0.2) is 14.8 Å². The summed E-state index contributed by atoms with van der Waals surface area (Å²) in [6, 6.07) is 5.52. The molecule has 74 valence electrons. The predicted octanol–water partition coefficient (Wildman–Crippen LogP) is 2.64. The highest BCUT2D eigenvalue weighted by molar-refractivity contribution is 9.10. The van der Waals surface area contributed by atoms with Gasteiger partial charge in [0.15, 0.2) is 5.69 Å². The maximum atomic E-state index is 6.88. The van der Waals surface area contributed by atoms with Crippen molar-refractivity contribution in [2.24, 2.45) is 0 Å². The topological polar surface area (TPSA) is 35.1 Å². The van der Waals surface area contributed by atoms with Gasteiger partial charge in [0, 0.05) is 4.47 Å². The molecule has 0 atom stereocenters. The van der Waals surface area contributed by atoms with Gasteiger partial charge in [0.25, 0.3) is 0 Å². The Balaban J connectivity index is 2.27. The Bertz CT molecular complexity index is 499. The first kappa shape index (κ1) is 9.87. The van der Waals surface area contributed by atoms with Crippen LogP contribution in [-0.2, 0) is 6.54 Å². The summed E-state index contributed by atoms with van der Waals surface area (Å²) in [6.07, 6.45) is 3.16. The van der Waals surface area contributed by atoms with E-state index in [9.17, 15) is 0 Å². The normalized spacial score (nSPS) is 9.87. The second-order valence-corrected chi connectivity index (χ2v) is 3.83. The maximum Gasteiger partial charge on any atom is 0.188 e. The Labute approximate surface area is 95.5 Å². The van der Waals surface area contributed by atoms with Crippen LogP contribution < -0.4 is 0 Å². The van der Waals surface area contributed by atoms with E-state index in [0.717, 1.165) is 10.0 Å². The Kier molecular flexibility index (Phi) is 2.79. The summed E-state index contributed by atoms with van der Waals surface area (Å²) in [4.78, 5) is 7.22. The summed E-state index contributed by atoms with van der Waals surface area (Å²) in [5, 5.41) is 4.02. The minimum atomic E-state index is 0.629. The first-order chi connectivity index (χ1) is 7.29. The Morgan fingerprint density at radius 2 is 2.33 bits per heavy atom. The van der Waals surface area contributed by atoms with Crippen LogP contribution in [0.1, 0.15) is 5.56 Å². The van der Waals surface area contributed by atoms with Gasteiger partial charge in [-0.05, 0) is 11.6 Å². The largest absolute Gasteiger partial charge is 0.249 e. The standard InChI is InChI=1S/C10H7BrN4/c1-12-9-3-2-8(10(11)4-9)5-15-7-13-6-14-15/h2-4,6-7H,5H2. The molecule has 0 bridgehead atoms. The zero-order valence-corrected chi connectivity index (χ0v) is 9.35. The molecule has 5 heteroatoms. The lowest BCUT2D eigenvalue weighted by molar-refractivity contribution is 0.683. The van der Waals surface area contributed by atoms with Crippen molar-refractivity contribution in [2.75, 3.05) is 0 Å². The summed E-state index contributed by atoms with van der Waals surface area (Å²) in [6.45, 7) is 7.54. The van der Waals surface area contributed by atoms with Gasteiger partial charge in [-0.25, -0.2) is 14.5 Å². The van der Waals surface area contributed by atoms with E-state index >= 15 is 0 Å². The number of rotatable bonds is 2. The van der Waals surface area contributed by atoms with Gasteiger partial charge >= 0.3 is 0 Å². The highest BCUT2D eigenvalue weighted by Crippen LogP contribution is 2.23. The van der Waals surface area contributed by atoms with Crippen molar-refractivity contribution in [1.29, 1.82) is 0 Å². The lowest BCUT2D eigenvalue weighted by atomic mass is 10.2. The van der Waals surface area contributed by atoms with Crippen LogP contribution in [0.15, 0.2) is 35.3 Å². The number of benzene rings is 1. The molecule has 0 N–H and O–H groups in total. The van der Waals surface area contributed by atoms with Crippen molar-refractivity contribution in [3.63, 3.8) is 0 Å². The van der Waals surface area contributed by atoms with Gasteiger partial charge in [0.2, 0.25) is 0 Å².